The molecule has 0 saturated carbocycles. The average molecular weight is 269 g/mol. The van der Waals surface area contributed by atoms with Crippen LogP contribution in [0, 0.1) is 0 Å². The van der Waals surface area contributed by atoms with Crippen LogP contribution in [0.2, 0.25) is 0 Å². The highest BCUT2D eigenvalue weighted by Gasteiger charge is 2.06. The molecule has 1 heterocycles. The molecule has 0 aliphatic rings. The lowest BCUT2D eigenvalue weighted by Gasteiger charge is -2.00. The van der Waals surface area contributed by atoms with E-state index in [1.165, 1.54) is 5.56 Å². The summed E-state index contributed by atoms with van der Waals surface area (Å²) in [6.07, 6.45) is 1.72. The molecule has 2 aromatic rings. The molecule has 0 spiro atoms. The topological polar surface area (TPSA) is 38.0 Å². The highest BCUT2D eigenvalue weighted by atomic mass is 79.9. The summed E-state index contributed by atoms with van der Waals surface area (Å²) in [6.45, 7) is 0.242. The molecule has 2 rings (SSSR count). The third-order valence-corrected chi connectivity index (χ3v) is 3.08. The number of benzene rings is 1. The molecule has 0 radical (unpaired) electrons. The summed E-state index contributed by atoms with van der Waals surface area (Å²) in [4.78, 5) is 0. The number of aliphatic hydroxyl groups excluding tert-OH is 1. The largest absolute Gasteiger partial charge is 0.396 e. The van der Waals surface area contributed by atoms with Gasteiger partial charge in [-0.3, -0.25) is 4.68 Å². The number of fused-ring (bicyclic) bond motifs is 1. The van der Waals surface area contributed by atoms with E-state index >= 15 is 0 Å². The Hall–Kier alpha value is -0.870. The molecular formula is C11H13BrN2O. The van der Waals surface area contributed by atoms with Gasteiger partial charge in [0.1, 0.15) is 4.60 Å². The minimum atomic E-state index is 0.242. The van der Waals surface area contributed by atoms with Gasteiger partial charge in [-0.15, -0.1) is 0 Å². The van der Waals surface area contributed by atoms with E-state index in [1.807, 2.05) is 11.7 Å². The normalized spacial score (nSPS) is 11.1. The van der Waals surface area contributed by atoms with Crippen molar-refractivity contribution < 1.29 is 5.11 Å². The number of hydrogen-bond acceptors (Lipinski definition) is 2. The van der Waals surface area contributed by atoms with Crippen LogP contribution >= 0.6 is 15.9 Å². The molecule has 0 unspecified atom stereocenters. The second-order valence-corrected chi connectivity index (χ2v) is 4.34. The minimum Gasteiger partial charge on any atom is -0.396 e. The van der Waals surface area contributed by atoms with Gasteiger partial charge < -0.3 is 5.11 Å². The molecule has 0 aliphatic heterocycles. The molecular weight excluding hydrogens is 256 g/mol. The molecule has 0 saturated heterocycles. The number of nitrogens with zero attached hydrogens (tertiary/aromatic N) is 2. The highest BCUT2D eigenvalue weighted by molar-refractivity contribution is 9.10. The molecule has 1 aromatic carbocycles. The molecule has 15 heavy (non-hydrogen) atoms. The van der Waals surface area contributed by atoms with Gasteiger partial charge in [0, 0.05) is 19.0 Å². The molecule has 0 aliphatic carbocycles. The predicted molar refractivity (Wildman–Crippen MR) is 63.8 cm³/mol. The van der Waals surface area contributed by atoms with Gasteiger partial charge in [0.25, 0.3) is 0 Å². The van der Waals surface area contributed by atoms with E-state index in [-0.39, 0.29) is 6.61 Å². The summed E-state index contributed by atoms with van der Waals surface area (Å²) in [5.41, 5.74) is 2.36. The Kier molecular flexibility index (Phi) is 3.07. The number of aliphatic hydroxyl groups is 1. The van der Waals surface area contributed by atoms with Crippen LogP contribution in [-0.4, -0.2) is 21.5 Å². The number of hydrogen-bond donors (Lipinski definition) is 1. The molecule has 80 valence electrons. The summed E-state index contributed by atoms with van der Waals surface area (Å²) in [5, 5.41) is 14.2. The second kappa shape index (κ2) is 4.33. The summed E-state index contributed by atoms with van der Waals surface area (Å²) in [6, 6.07) is 6.29. The quantitative estimate of drug-likeness (QED) is 0.928. The zero-order valence-corrected chi connectivity index (χ0v) is 10.2. The van der Waals surface area contributed by atoms with Crippen molar-refractivity contribution in [3.05, 3.63) is 28.4 Å². The summed E-state index contributed by atoms with van der Waals surface area (Å²) >= 11 is 3.44. The van der Waals surface area contributed by atoms with Crippen LogP contribution < -0.4 is 0 Å². The Morgan fingerprint density at radius 3 is 3.00 bits per heavy atom. The fraction of sp³-hybridized carbons (Fsp3) is 0.364. The van der Waals surface area contributed by atoms with Gasteiger partial charge in [-0.1, -0.05) is 6.07 Å². The van der Waals surface area contributed by atoms with E-state index in [4.69, 9.17) is 5.11 Å². The Morgan fingerprint density at radius 1 is 1.47 bits per heavy atom. The van der Waals surface area contributed by atoms with E-state index in [2.05, 4.69) is 39.2 Å². The SMILES string of the molecule is Cn1nc(Br)c2cc(CCCO)ccc21. The first-order valence-electron chi connectivity index (χ1n) is 4.94. The predicted octanol–water partition coefficient (Wildman–Crippen LogP) is 2.26. The number of aromatic nitrogens is 2. The van der Waals surface area contributed by atoms with Crippen molar-refractivity contribution in [1.82, 2.24) is 9.78 Å². The Balaban J connectivity index is 2.41. The minimum absolute atomic E-state index is 0.242. The van der Waals surface area contributed by atoms with Gasteiger partial charge in [-0.25, -0.2) is 0 Å². The average Bonchev–Trinajstić information content (AvgIpc) is 2.52. The maximum absolute atomic E-state index is 8.77. The van der Waals surface area contributed by atoms with Gasteiger partial charge in [-0.05, 0) is 46.5 Å². The number of aryl methyl sites for hydroxylation is 2. The molecule has 0 amide bonds. The first-order chi connectivity index (χ1) is 7.22. The van der Waals surface area contributed by atoms with E-state index in [0.29, 0.717) is 0 Å². The van der Waals surface area contributed by atoms with Crippen molar-refractivity contribution in [3.63, 3.8) is 0 Å². The lowest BCUT2D eigenvalue weighted by molar-refractivity contribution is 0.288. The maximum Gasteiger partial charge on any atom is 0.135 e. The first kappa shape index (κ1) is 10.6. The van der Waals surface area contributed by atoms with Gasteiger partial charge in [0.05, 0.1) is 5.52 Å². The van der Waals surface area contributed by atoms with Crippen molar-refractivity contribution in [1.29, 1.82) is 0 Å². The molecule has 0 atom stereocenters. The Bertz CT molecular complexity index is 479. The fourth-order valence-electron chi connectivity index (χ4n) is 1.71. The van der Waals surface area contributed by atoms with E-state index < -0.39 is 0 Å². The summed E-state index contributed by atoms with van der Waals surface area (Å²) < 4.78 is 2.74. The molecule has 1 aromatic heterocycles. The number of rotatable bonds is 3. The van der Waals surface area contributed by atoms with Crippen LogP contribution in [0.4, 0.5) is 0 Å². The van der Waals surface area contributed by atoms with E-state index in [0.717, 1.165) is 28.3 Å². The van der Waals surface area contributed by atoms with Gasteiger partial charge in [0.15, 0.2) is 0 Å². The van der Waals surface area contributed by atoms with Crippen molar-refractivity contribution in [2.45, 2.75) is 12.8 Å². The van der Waals surface area contributed by atoms with Gasteiger partial charge in [-0.2, -0.15) is 5.10 Å². The standard InChI is InChI=1S/C11H13BrN2O/c1-14-10-5-4-8(3-2-6-15)7-9(10)11(12)13-14/h4-5,7,15H,2-3,6H2,1H3. The summed E-state index contributed by atoms with van der Waals surface area (Å²) in [5.74, 6) is 0. The third-order valence-electron chi connectivity index (χ3n) is 2.49. The van der Waals surface area contributed by atoms with Crippen molar-refractivity contribution in [2.75, 3.05) is 6.61 Å². The smallest absolute Gasteiger partial charge is 0.135 e. The van der Waals surface area contributed by atoms with E-state index in [1.54, 1.807) is 0 Å². The van der Waals surface area contributed by atoms with Crippen LogP contribution in [-0.2, 0) is 13.5 Å². The molecule has 0 bridgehead atoms. The Morgan fingerprint density at radius 2 is 2.27 bits per heavy atom. The monoisotopic (exact) mass is 268 g/mol. The molecule has 4 heteroatoms. The fourth-order valence-corrected chi connectivity index (χ4v) is 2.26. The molecule has 3 nitrogen and oxygen atoms in total. The van der Waals surface area contributed by atoms with Crippen molar-refractivity contribution in [2.24, 2.45) is 7.05 Å². The van der Waals surface area contributed by atoms with Crippen LogP contribution in [0.15, 0.2) is 22.8 Å². The van der Waals surface area contributed by atoms with Crippen LogP contribution in [0.5, 0.6) is 0 Å². The first-order valence-corrected chi connectivity index (χ1v) is 5.73. The lowest BCUT2D eigenvalue weighted by Crippen LogP contribution is -1.91. The van der Waals surface area contributed by atoms with Gasteiger partial charge >= 0.3 is 0 Å². The van der Waals surface area contributed by atoms with Crippen molar-refractivity contribution in [3.8, 4) is 0 Å². The lowest BCUT2D eigenvalue weighted by atomic mass is 10.1. The molecule has 1 N–H and O–H groups in total. The summed E-state index contributed by atoms with van der Waals surface area (Å²) in [7, 11) is 1.93. The van der Waals surface area contributed by atoms with Crippen LogP contribution in [0.1, 0.15) is 12.0 Å². The zero-order valence-electron chi connectivity index (χ0n) is 8.57. The van der Waals surface area contributed by atoms with Gasteiger partial charge in [0.2, 0.25) is 0 Å². The van der Waals surface area contributed by atoms with Crippen LogP contribution in [0.25, 0.3) is 10.9 Å². The number of halogens is 1. The van der Waals surface area contributed by atoms with Crippen molar-refractivity contribution >= 4 is 26.8 Å². The Labute approximate surface area is 96.8 Å². The third kappa shape index (κ3) is 2.06. The second-order valence-electron chi connectivity index (χ2n) is 3.59. The van der Waals surface area contributed by atoms with E-state index in [9.17, 15) is 0 Å². The zero-order chi connectivity index (χ0) is 10.8. The van der Waals surface area contributed by atoms with Crippen LogP contribution in [0.3, 0.4) is 0 Å². The molecule has 0 fully saturated rings. The maximum atomic E-state index is 8.77. The highest BCUT2D eigenvalue weighted by Crippen LogP contribution is 2.24.